The van der Waals surface area contributed by atoms with Crippen LogP contribution in [0.4, 0.5) is 10.6 Å². The number of hydrogen-bond donors (Lipinski definition) is 3. The summed E-state index contributed by atoms with van der Waals surface area (Å²) in [5.41, 5.74) is 1.27. The molecule has 3 N–H and O–H groups in total. The van der Waals surface area contributed by atoms with Crippen LogP contribution < -0.4 is 16.0 Å². The summed E-state index contributed by atoms with van der Waals surface area (Å²) >= 11 is 0. The molecule has 0 aromatic carbocycles. The first-order chi connectivity index (χ1) is 15.5. The third kappa shape index (κ3) is 6.75. The van der Waals surface area contributed by atoms with E-state index in [2.05, 4.69) is 45.6 Å². The molecule has 2 atom stereocenters. The summed E-state index contributed by atoms with van der Waals surface area (Å²) in [5.74, 6) is 0.248. The van der Waals surface area contributed by atoms with E-state index in [0.29, 0.717) is 30.9 Å². The van der Waals surface area contributed by atoms with Crippen molar-refractivity contribution < 1.29 is 17.9 Å². The first-order valence-electron chi connectivity index (χ1n) is 11.4. The summed E-state index contributed by atoms with van der Waals surface area (Å²) in [7, 11) is -4.69. The summed E-state index contributed by atoms with van der Waals surface area (Å²) in [5, 5.41) is 6.83. The molecule has 0 radical (unpaired) electrons. The number of carbonyl (C=O) groups excluding carboxylic acids is 1. The van der Waals surface area contributed by atoms with Gasteiger partial charge in [-0.05, 0) is 45.3 Å². The molecule has 1 aliphatic heterocycles. The molecule has 0 aliphatic carbocycles. The number of nitrogens with one attached hydrogen (secondary N) is 3. The topological polar surface area (TPSA) is 127 Å². The van der Waals surface area contributed by atoms with Crippen LogP contribution in [0.1, 0.15) is 26.7 Å². The quantitative estimate of drug-likeness (QED) is 0.341. The van der Waals surface area contributed by atoms with E-state index in [1.54, 1.807) is 13.8 Å². The summed E-state index contributed by atoms with van der Waals surface area (Å²) in [6.07, 6.45) is 4.87. The van der Waals surface area contributed by atoms with Crippen molar-refractivity contribution in [3.63, 3.8) is 0 Å². The molecule has 184 valence electrons. The van der Waals surface area contributed by atoms with Crippen LogP contribution in [0.25, 0.3) is 11.2 Å². The molecule has 2 amide bonds. The fourth-order valence-corrected chi connectivity index (χ4v) is 5.93. The first kappa shape index (κ1) is 25.6. The third-order valence-electron chi connectivity index (χ3n) is 5.68. The number of sulfone groups is 1. The number of rotatable bonds is 10. The van der Waals surface area contributed by atoms with E-state index in [4.69, 9.17) is 4.74 Å². The normalized spacial score (nSPS) is 18.1. The Bertz CT molecular complexity index is 1060. The second kappa shape index (κ2) is 10.5. The van der Waals surface area contributed by atoms with Gasteiger partial charge < -0.3 is 19.9 Å². The maximum atomic E-state index is 12.8. The molecule has 0 spiro atoms. The van der Waals surface area contributed by atoms with Crippen molar-refractivity contribution >= 4 is 40.9 Å². The van der Waals surface area contributed by atoms with E-state index in [-0.39, 0.29) is 11.9 Å². The van der Waals surface area contributed by atoms with Crippen LogP contribution in [-0.2, 0) is 21.3 Å². The smallest absolute Gasteiger partial charge is 0.321 e. The van der Waals surface area contributed by atoms with Crippen molar-refractivity contribution in [2.45, 2.75) is 75.8 Å². The molecule has 1 fully saturated rings. The Labute approximate surface area is 196 Å². The van der Waals surface area contributed by atoms with Gasteiger partial charge in [0, 0.05) is 26.9 Å². The predicted octanol–water partition coefficient (Wildman–Crippen LogP) is 2.77. The van der Waals surface area contributed by atoms with Crippen molar-refractivity contribution in [3.8, 4) is 0 Å². The van der Waals surface area contributed by atoms with Crippen LogP contribution in [0, 0.1) is 0 Å². The highest BCUT2D eigenvalue weighted by atomic mass is 32.2. The molecule has 1 aliphatic rings. The Morgan fingerprint density at radius 1 is 1.36 bits per heavy atom. The van der Waals surface area contributed by atoms with Gasteiger partial charge in [-0.3, -0.25) is 5.32 Å². The van der Waals surface area contributed by atoms with Gasteiger partial charge in [-0.1, -0.05) is 19.6 Å². The van der Waals surface area contributed by atoms with Gasteiger partial charge in [0.05, 0.1) is 11.4 Å². The standard InChI is InChI=1S/C21H36N6O4SSi/c1-15(2)32(29,30)20(17-7-6-9-22-17)26-21(28)25-18-13-23-19-16(24-18)8-10-27(19)14-31-11-12-33(3,4)5/h8,10,13,15,17,20,22H,6-7,9,11-12,14H2,1-5H3,(H2,24,25,26,28). The van der Waals surface area contributed by atoms with Gasteiger partial charge in [-0.2, -0.15) is 0 Å². The second-order valence-corrected chi connectivity index (χ2v) is 18.2. The Balaban J connectivity index is 1.64. The van der Waals surface area contributed by atoms with E-state index in [0.717, 1.165) is 19.0 Å². The molecule has 2 aromatic heterocycles. The molecular weight excluding hydrogens is 460 g/mol. The second-order valence-electron chi connectivity index (χ2n) is 9.96. The number of aromatic nitrogens is 3. The van der Waals surface area contributed by atoms with Gasteiger partial charge in [0.1, 0.15) is 17.6 Å². The highest BCUT2D eigenvalue weighted by Crippen LogP contribution is 2.19. The molecule has 0 saturated carbocycles. The molecule has 3 heterocycles. The number of ether oxygens (including phenoxy) is 1. The molecule has 0 bridgehead atoms. The minimum atomic E-state index is -3.55. The number of anilines is 1. The summed E-state index contributed by atoms with van der Waals surface area (Å²) in [6.45, 7) is 12.0. The van der Waals surface area contributed by atoms with Crippen LogP contribution in [0.3, 0.4) is 0 Å². The number of carbonyl (C=O) groups is 1. The highest BCUT2D eigenvalue weighted by molar-refractivity contribution is 7.92. The number of hydrogen-bond acceptors (Lipinski definition) is 7. The van der Waals surface area contributed by atoms with E-state index in [9.17, 15) is 13.2 Å². The van der Waals surface area contributed by atoms with E-state index in [1.165, 1.54) is 6.20 Å². The number of amides is 2. The predicted molar refractivity (Wildman–Crippen MR) is 133 cm³/mol. The average Bonchev–Trinajstić information content (AvgIpc) is 3.38. The van der Waals surface area contributed by atoms with Gasteiger partial charge in [-0.25, -0.2) is 23.2 Å². The summed E-state index contributed by atoms with van der Waals surface area (Å²) in [4.78, 5) is 21.5. The lowest BCUT2D eigenvalue weighted by Gasteiger charge is -2.26. The fourth-order valence-electron chi connectivity index (χ4n) is 3.62. The molecule has 1 saturated heterocycles. The molecule has 10 nitrogen and oxygen atoms in total. The van der Waals surface area contributed by atoms with Crippen molar-refractivity contribution in [2.24, 2.45) is 0 Å². The Kier molecular flexibility index (Phi) is 8.14. The Morgan fingerprint density at radius 2 is 2.12 bits per heavy atom. The number of fused-ring (bicyclic) bond motifs is 1. The average molecular weight is 497 g/mol. The minimum Gasteiger partial charge on any atom is -0.361 e. The maximum absolute atomic E-state index is 12.8. The summed E-state index contributed by atoms with van der Waals surface area (Å²) in [6, 6.07) is 1.96. The van der Waals surface area contributed by atoms with Crippen LogP contribution in [0.15, 0.2) is 18.5 Å². The van der Waals surface area contributed by atoms with Gasteiger partial charge in [0.15, 0.2) is 21.3 Å². The zero-order valence-corrected chi connectivity index (χ0v) is 21.9. The van der Waals surface area contributed by atoms with Crippen molar-refractivity contribution in [2.75, 3.05) is 18.5 Å². The van der Waals surface area contributed by atoms with E-state index in [1.807, 2.05) is 16.8 Å². The SMILES string of the molecule is CC(C)S(=O)(=O)C(NC(=O)Nc1cnc2c(ccn2COCC[Si](C)(C)C)n1)C1CCCN1. The lowest BCUT2D eigenvalue weighted by molar-refractivity contribution is 0.0899. The lowest BCUT2D eigenvalue weighted by atomic mass is 10.2. The first-order valence-corrected chi connectivity index (χ1v) is 16.7. The van der Waals surface area contributed by atoms with Crippen molar-refractivity contribution in [1.82, 2.24) is 25.2 Å². The molecular formula is C21H36N6O4SSi. The van der Waals surface area contributed by atoms with Gasteiger partial charge in [-0.15, -0.1) is 0 Å². The highest BCUT2D eigenvalue weighted by Gasteiger charge is 2.38. The monoisotopic (exact) mass is 496 g/mol. The Morgan fingerprint density at radius 3 is 2.76 bits per heavy atom. The fraction of sp³-hybridized carbons (Fsp3) is 0.667. The lowest BCUT2D eigenvalue weighted by Crippen LogP contribution is -2.54. The number of urea groups is 1. The van der Waals surface area contributed by atoms with Crippen LogP contribution in [0.5, 0.6) is 0 Å². The Hall–Kier alpha value is -2.02. The van der Waals surface area contributed by atoms with Crippen LogP contribution >= 0.6 is 0 Å². The van der Waals surface area contributed by atoms with Crippen LogP contribution in [-0.4, -0.2) is 66.9 Å². The maximum Gasteiger partial charge on any atom is 0.321 e. The number of nitrogens with zero attached hydrogens (tertiary/aromatic N) is 3. The van der Waals surface area contributed by atoms with Crippen LogP contribution in [0.2, 0.25) is 25.7 Å². The minimum absolute atomic E-state index is 0.248. The van der Waals surface area contributed by atoms with Crippen molar-refractivity contribution in [1.29, 1.82) is 0 Å². The van der Waals surface area contributed by atoms with E-state index < -0.39 is 34.6 Å². The molecule has 2 unspecified atom stereocenters. The zero-order chi connectivity index (χ0) is 24.2. The third-order valence-corrected chi connectivity index (χ3v) is 9.85. The molecule has 33 heavy (non-hydrogen) atoms. The molecule has 3 rings (SSSR count). The van der Waals surface area contributed by atoms with Crippen molar-refractivity contribution in [3.05, 3.63) is 18.5 Å². The van der Waals surface area contributed by atoms with E-state index >= 15 is 0 Å². The zero-order valence-electron chi connectivity index (χ0n) is 20.1. The van der Waals surface area contributed by atoms with Gasteiger partial charge in [0.2, 0.25) is 0 Å². The molecule has 12 heteroatoms. The molecule has 2 aromatic rings. The summed E-state index contributed by atoms with van der Waals surface area (Å²) < 4.78 is 33.3. The van der Waals surface area contributed by atoms with Gasteiger partial charge in [0.25, 0.3) is 0 Å². The van der Waals surface area contributed by atoms with Gasteiger partial charge >= 0.3 is 6.03 Å². The largest absolute Gasteiger partial charge is 0.361 e.